The standard InChI is InChI=1S/C21H27N3O4S/c1-15-6-11-29-20(15)21(26)23-7-3-10-28-18-12-16(4-5-17(18)27-2)13-24-9-8-22-19(25)14-24/h4-6,11-12H,3,7-10,13-14H2,1-2H3,(H,22,25)(H,23,26). The predicted molar refractivity (Wildman–Crippen MR) is 113 cm³/mol. The van der Waals surface area contributed by atoms with Gasteiger partial charge in [0.15, 0.2) is 11.5 Å². The number of carbonyl (C=O) groups excluding carboxylic acids is 2. The number of carbonyl (C=O) groups is 2. The second-order valence-electron chi connectivity index (χ2n) is 6.94. The molecule has 0 saturated carbocycles. The third-order valence-corrected chi connectivity index (χ3v) is 5.70. The van der Waals surface area contributed by atoms with Crippen molar-refractivity contribution in [1.29, 1.82) is 0 Å². The Kier molecular flexibility index (Phi) is 7.48. The lowest BCUT2D eigenvalue weighted by atomic mass is 10.1. The van der Waals surface area contributed by atoms with Gasteiger partial charge in [-0.25, -0.2) is 0 Å². The lowest BCUT2D eigenvalue weighted by Crippen LogP contribution is -2.47. The van der Waals surface area contributed by atoms with Crippen LogP contribution in [0.4, 0.5) is 0 Å². The molecule has 0 spiro atoms. The van der Waals surface area contributed by atoms with E-state index in [1.54, 1.807) is 7.11 Å². The Hall–Kier alpha value is -2.58. The van der Waals surface area contributed by atoms with Crippen LogP contribution in [-0.2, 0) is 11.3 Å². The molecule has 2 heterocycles. The fraction of sp³-hybridized carbons (Fsp3) is 0.429. The zero-order valence-electron chi connectivity index (χ0n) is 16.8. The minimum Gasteiger partial charge on any atom is -0.493 e. The number of benzene rings is 1. The number of methoxy groups -OCH3 is 1. The number of aryl methyl sites for hydroxylation is 1. The quantitative estimate of drug-likeness (QED) is 0.612. The molecule has 1 aliphatic rings. The number of rotatable bonds is 9. The Balaban J connectivity index is 1.48. The highest BCUT2D eigenvalue weighted by molar-refractivity contribution is 7.12. The van der Waals surface area contributed by atoms with Crippen LogP contribution >= 0.6 is 11.3 Å². The number of amides is 2. The highest BCUT2D eigenvalue weighted by atomic mass is 32.1. The molecule has 0 aliphatic carbocycles. The SMILES string of the molecule is COc1ccc(CN2CCNC(=O)C2)cc1OCCCNC(=O)c1sccc1C. The molecule has 1 saturated heterocycles. The number of thiophene rings is 1. The summed E-state index contributed by atoms with van der Waals surface area (Å²) in [6.07, 6.45) is 0.690. The van der Waals surface area contributed by atoms with Crippen LogP contribution in [-0.4, -0.2) is 56.6 Å². The van der Waals surface area contributed by atoms with Crippen LogP contribution in [0, 0.1) is 6.92 Å². The molecule has 1 aliphatic heterocycles. The average molecular weight is 418 g/mol. The van der Waals surface area contributed by atoms with E-state index in [-0.39, 0.29) is 11.8 Å². The Morgan fingerprint density at radius 2 is 2.17 bits per heavy atom. The maximum Gasteiger partial charge on any atom is 0.261 e. The molecule has 0 bridgehead atoms. The normalized spacial score (nSPS) is 14.3. The zero-order valence-corrected chi connectivity index (χ0v) is 17.6. The minimum atomic E-state index is -0.0392. The van der Waals surface area contributed by atoms with Gasteiger partial charge in [0.2, 0.25) is 5.91 Å². The van der Waals surface area contributed by atoms with Gasteiger partial charge in [0.05, 0.1) is 25.1 Å². The summed E-state index contributed by atoms with van der Waals surface area (Å²) in [5, 5.41) is 7.68. The molecule has 1 fully saturated rings. The van der Waals surface area contributed by atoms with Gasteiger partial charge in [0.25, 0.3) is 5.91 Å². The smallest absolute Gasteiger partial charge is 0.261 e. The second-order valence-corrected chi connectivity index (χ2v) is 7.85. The van der Waals surface area contributed by atoms with E-state index in [1.807, 2.05) is 36.6 Å². The summed E-state index contributed by atoms with van der Waals surface area (Å²) in [5.74, 6) is 1.36. The molecule has 8 heteroatoms. The first-order valence-electron chi connectivity index (χ1n) is 9.68. The van der Waals surface area contributed by atoms with Gasteiger partial charge in [-0.05, 0) is 48.1 Å². The topological polar surface area (TPSA) is 79.9 Å². The summed E-state index contributed by atoms with van der Waals surface area (Å²) in [6.45, 7) is 5.54. The first-order valence-corrected chi connectivity index (χ1v) is 10.6. The number of nitrogens with one attached hydrogen (secondary N) is 2. The molecule has 0 radical (unpaired) electrons. The van der Waals surface area contributed by atoms with Crippen molar-refractivity contribution in [1.82, 2.24) is 15.5 Å². The van der Waals surface area contributed by atoms with Crippen LogP contribution < -0.4 is 20.1 Å². The molecule has 156 valence electrons. The largest absolute Gasteiger partial charge is 0.493 e. The van der Waals surface area contributed by atoms with E-state index in [9.17, 15) is 9.59 Å². The lowest BCUT2D eigenvalue weighted by molar-refractivity contribution is -0.124. The molecular formula is C21H27N3O4S. The summed E-state index contributed by atoms with van der Waals surface area (Å²) in [4.78, 5) is 26.5. The van der Waals surface area contributed by atoms with Gasteiger partial charge in [-0.1, -0.05) is 6.07 Å². The van der Waals surface area contributed by atoms with E-state index < -0.39 is 0 Å². The highest BCUT2D eigenvalue weighted by Crippen LogP contribution is 2.28. The third kappa shape index (κ3) is 5.95. The van der Waals surface area contributed by atoms with E-state index >= 15 is 0 Å². The fourth-order valence-electron chi connectivity index (χ4n) is 3.16. The summed E-state index contributed by atoms with van der Waals surface area (Å²) in [6, 6.07) is 7.77. The summed E-state index contributed by atoms with van der Waals surface area (Å²) < 4.78 is 11.3. The van der Waals surface area contributed by atoms with Crippen molar-refractivity contribution in [2.24, 2.45) is 0 Å². The molecule has 0 atom stereocenters. The van der Waals surface area contributed by atoms with E-state index in [0.717, 1.165) is 22.5 Å². The van der Waals surface area contributed by atoms with Gasteiger partial charge in [-0.15, -0.1) is 11.3 Å². The monoisotopic (exact) mass is 417 g/mol. The van der Waals surface area contributed by atoms with Gasteiger partial charge in [-0.3, -0.25) is 14.5 Å². The second kappa shape index (κ2) is 10.3. The van der Waals surface area contributed by atoms with Gasteiger partial charge in [-0.2, -0.15) is 0 Å². The number of nitrogens with zero attached hydrogens (tertiary/aromatic N) is 1. The van der Waals surface area contributed by atoms with Crippen molar-refractivity contribution in [3.63, 3.8) is 0 Å². The van der Waals surface area contributed by atoms with Gasteiger partial charge in [0, 0.05) is 26.2 Å². The number of hydrogen-bond acceptors (Lipinski definition) is 6. The maximum atomic E-state index is 12.1. The van der Waals surface area contributed by atoms with E-state index in [0.29, 0.717) is 50.7 Å². The van der Waals surface area contributed by atoms with E-state index in [1.165, 1.54) is 11.3 Å². The summed E-state index contributed by atoms with van der Waals surface area (Å²) in [7, 11) is 1.61. The minimum absolute atomic E-state index is 0.0392. The van der Waals surface area contributed by atoms with Crippen molar-refractivity contribution in [3.8, 4) is 11.5 Å². The molecule has 3 rings (SSSR count). The molecular weight excluding hydrogens is 390 g/mol. The lowest BCUT2D eigenvalue weighted by Gasteiger charge is -2.26. The van der Waals surface area contributed by atoms with Crippen molar-refractivity contribution in [3.05, 3.63) is 45.6 Å². The Bertz CT molecular complexity index is 852. The van der Waals surface area contributed by atoms with Crippen LogP contribution in [0.2, 0.25) is 0 Å². The van der Waals surface area contributed by atoms with Gasteiger partial charge in [0.1, 0.15) is 0 Å². The maximum absolute atomic E-state index is 12.1. The Morgan fingerprint density at radius 3 is 2.90 bits per heavy atom. The molecule has 1 aromatic carbocycles. The Morgan fingerprint density at radius 1 is 1.31 bits per heavy atom. The molecule has 7 nitrogen and oxygen atoms in total. The van der Waals surface area contributed by atoms with Crippen molar-refractivity contribution < 1.29 is 19.1 Å². The third-order valence-electron chi connectivity index (χ3n) is 4.68. The fourth-order valence-corrected chi connectivity index (χ4v) is 4.00. The molecule has 1 aromatic heterocycles. The highest BCUT2D eigenvalue weighted by Gasteiger charge is 2.17. The van der Waals surface area contributed by atoms with Crippen molar-refractivity contribution in [2.45, 2.75) is 19.9 Å². The first-order chi connectivity index (χ1) is 14.1. The van der Waals surface area contributed by atoms with Crippen LogP contribution in [0.3, 0.4) is 0 Å². The zero-order chi connectivity index (χ0) is 20.6. The predicted octanol–water partition coefficient (Wildman–Crippen LogP) is 2.20. The Labute approximate surface area is 175 Å². The van der Waals surface area contributed by atoms with Crippen LogP contribution in [0.15, 0.2) is 29.6 Å². The van der Waals surface area contributed by atoms with Crippen LogP contribution in [0.1, 0.15) is 27.2 Å². The number of piperazine rings is 1. The van der Waals surface area contributed by atoms with Crippen molar-refractivity contribution in [2.75, 3.05) is 39.9 Å². The average Bonchev–Trinajstić information content (AvgIpc) is 3.14. The molecule has 2 amide bonds. The van der Waals surface area contributed by atoms with E-state index in [2.05, 4.69) is 15.5 Å². The van der Waals surface area contributed by atoms with Gasteiger partial charge < -0.3 is 20.1 Å². The van der Waals surface area contributed by atoms with Crippen molar-refractivity contribution >= 4 is 23.2 Å². The van der Waals surface area contributed by atoms with Gasteiger partial charge >= 0.3 is 0 Å². The van der Waals surface area contributed by atoms with Crippen LogP contribution in [0.25, 0.3) is 0 Å². The molecule has 0 unspecified atom stereocenters. The molecule has 29 heavy (non-hydrogen) atoms. The summed E-state index contributed by atoms with van der Waals surface area (Å²) >= 11 is 1.45. The van der Waals surface area contributed by atoms with E-state index in [4.69, 9.17) is 9.47 Å². The number of ether oxygens (including phenoxy) is 2. The molecule has 2 N–H and O–H groups in total. The molecule has 2 aromatic rings. The first kappa shape index (κ1) is 21.1. The summed E-state index contributed by atoms with van der Waals surface area (Å²) in [5.41, 5.74) is 2.06. The van der Waals surface area contributed by atoms with Crippen LogP contribution in [0.5, 0.6) is 11.5 Å². The number of hydrogen-bond donors (Lipinski definition) is 2.